The standard InChI is InChI=1S/C32H41N5O4/c1-4-32-13-6-5-7-20-8-10-25-23(15-20)24(16-31(2,3)41-25)35-27(38)11-9-21-19-40-26-18-34-14-12-22(26)29(21)37(28(39)17-32)30(33)36-32/h8,10,12,14-15,18,21,24,29H,4-7,9,11,13,16-17,19H2,1-3H3,(H2,33,36)(H,35,38)/t21-,24+,29+,32-/m1/s1. The number of aromatic nitrogens is 1. The topological polar surface area (TPSA) is 119 Å². The monoisotopic (exact) mass is 559 g/mol. The zero-order valence-electron chi connectivity index (χ0n) is 24.3. The maximum absolute atomic E-state index is 13.9. The van der Waals surface area contributed by atoms with E-state index in [0.29, 0.717) is 38.0 Å². The number of nitrogens with two attached hydrogens (primary N) is 1. The van der Waals surface area contributed by atoms with E-state index in [1.807, 2.05) is 12.1 Å². The first-order chi connectivity index (χ1) is 19.7. The number of ether oxygens (including phenoxy) is 2. The number of fused-ring (bicyclic) bond motifs is 8. The second-order valence-corrected chi connectivity index (χ2v) is 12.7. The van der Waals surface area contributed by atoms with Crippen LogP contribution in [-0.2, 0) is 16.0 Å². The van der Waals surface area contributed by atoms with Gasteiger partial charge in [-0.25, -0.2) is 4.99 Å². The van der Waals surface area contributed by atoms with Gasteiger partial charge in [0.05, 0.1) is 36.8 Å². The summed E-state index contributed by atoms with van der Waals surface area (Å²) in [6.45, 7) is 6.58. The van der Waals surface area contributed by atoms with Gasteiger partial charge in [0, 0.05) is 36.1 Å². The van der Waals surface area contributed by atoms with Crippen LogP contribution in [0, 0.1) is 5.92 Å². The fraction of sp³-hybridized carbons (Fsp3) is 0.562. The Kier molecular flexibility index (Phi) is 7.16. The molecule has 7 rings (SSSR count). The van der Waals surface area contributed by atoms with E-state index in [1.54, 1.807) is 17.3 Å². The summed E-state index contributed by atoms with van der Waals surface area (Å²) in [5, 5.41) is 3.31. The molecule has 2 amide bonds. The van der Waals surface area contributed by atoms with Gasteiger partial charge in [0.2, 0.25) is 11.8 Å². The third-order valence-electron chi connectivity index (χ3n) is 9.28. The summed E-state index contributed by atoms with van der Waals surface area (Å²) in [6, 6.07) is 7.76. The molecule has 0 radical (unpaired) electrons. The molecular weight excluding hydrogens is 518 g/mol. The number of carbonyl (C=O) groups is 2. The van der Waals surface area contributed by atoms with Crippen molar-refractivity contribution in [1.82, 2.24) is 15.2 Å². The highest BCUT2D eigenvalue weighted by molar-refractivity contribution is 5.99. The first-order valence-electron chi connectivity index (χ1n) is 15.0. The maximum atomic E-state index is 13.9. The first kappa shape index (κ1) is 27.5. The molecule has 0 aliphatic carbocycles. The van der Waals surface area contributed by atoms with Gasteiger partial charge in [0.25, 0.3) is 0 Å². The number of amides is 2. The number of aryl methyl sites for hydroxylation is 1. The van der Waals surface area contributed by atoms with Gasteiger partial charge in [-0.2, -0.15) is 0 Å². The Morgan fingerprint density at radius 3 is 2.78 bits per heavy atom. The molecule has 4 bridgehead atoms. The predicted molar refractivity (Wildman–Crippen MR) is 156 cm³/mol. The normalized spacial score (nSPS) is 29.5. The second kappa shape index (κ2) is 10.7. The summed E-state index contributed by atoms with van der Waals surface area (Å²) in [6.07, 6.45) is 9.62. The molecule has 2 aromatic rings. The third kappa shape index (κ3) is 5.38. The number of pyridine rings is 1. The molecule has 5 aliphatic rings. The largest absolute Gasteiger partial charge is 0.491 e. The van der Waals surface area contributed by atoms with Crippen molar-refractivity contribution in [2.75, 3.05) is 6.61 Å². The Bertz CT molecular complexity index is 1370. The van der Waals surface area contributed by atoms with Gasteiger partial charge in [-0.15, -0.1) is 0 Å². The van der Waals surface area contributed by atoms with Crippen LogP contribution in [-0.4, -0.2) is 45.4 Å². The van der Waals surface area contributed by atoms with Gasteiger partial charge in [0.1, 0.15) is 17.1 Å². The van der Waals surface area contributed by atoms with Crippen LogP contribution in [0.25, 0.3) is 0 Å². The molecule has 0 saturated carbocycles. The van der Waals surface area contributed by atoms with Gasteiger partial charge >= 0.3 is 0 Å². The maximum Gasteiger partial charge on any atom is 0.232 e. The lowest BCUT2D eigenvalue weighted by molar-refractivity contribution is -0.133. The minimum Gasteiger partial charge on any atom is -0.491 e. The Hall–Kier alpha value is -3.62. The van der Waals surface area contributed by atoms with E-state index in [9.17, 15) is 9.59 Å². The Labute approximate surface area is 241 Å². The van der Waals surface area contributed by atoms with Crippen LogP contribution in [0.3, 0.4) is 0 Å². The molecule has 6 heterocycles. The zero-order chi connectivity index (χ0) is 28.8. The van der Waals surface area contributed by atoms with E-state index in [4.69, 9.17) is 20.2 Å². The molecule has 5 aliphatic heterocycles. The van der Waals surface area contributed by atoms with E-state index < -0.39 is 5.54 Å². The minimum absolute atomic E-state index is 0.0192. The molecule has 9 heteroatoms. The number of aliphatic imine (C=N–C) groups is 1. The van der Waals surface area contributed by atoms with Gasteiger partial charge in [-0.1, -0.05) is 25.5 Å². The average Bonchev–Trinajstić information content (AvgIpc) is 2.93. The van der Waals surface area contributed by atoms with Crippen LogP contribution in [0.5, 0.6) is 11.5 Å². The van der Waals surface area contributed by atoms with Crippen LogP contribution in [0.15, 0.2) is 41.7 Å². The molecule has 1 aromatic carbocycles. The number of nitrogens with zero attached hydrogens (tertiary/aromatic N) is 3. The van der Waals surface area contributed by atoms with Crippen molar-refractivity contribution < 1.29 is 19.1 Å². The first-order valence-corrected chi connectivity index (χ1v) is 15.0. The predicted octanol–water partition coefficient (Wildman–Crippen LogP) is 4.75. The summed E-state index contributed by atoms with van der Waals surface area (Å²) in [5.74, 6) is 1.57. The van der Waals surface area contributed by atoms with Gasteiger partial charge in [0.15, 0.2) is 5.96 Å². The van der Waals surface area contributed by atoms with Crippen molar-refractivity contribution in [1.29, 1.82) is 0 Å². The number of guanidine groups is 1. The smallest absolute Gasteiger partial charge is 0.232 e. The summed E-state index contributed by atoms with van der Waals surface area (Å²) in [7, 11) is 0. The van der Waals surface area contributed by atoms with E-state index >= 15 is 0 Å². The van der Waals surface area contributed by atoms with E-state index in [1.165, 1.54) is 5.56 Å². The van der Waals surface area contributed by atoms with E-state index in [0.717, 1.165) is 49.0 Å². The fourth-order valence-corrected chi connectivity index (χ4v) is 7.10. The third-order valence-corrected chi connectivity index (χ3v) is 9.28. The van der Waals surface area contributed by atoms with Crippen LogP contribution in [0.2, 0.25) is 0 Å². The summed E-state index contributed by atoms with van der Waals surface area (Å²) >= 11 is 0. The molecule has 9 nitrogen and oxygen atoms in total. The number of rotatable bonds is 1. The number of hydrogen-bond donors (Lipinski definition) is 2. The molecular formula is C32H41N5O4. The second-order valence-electron chi connectivity index (χ2n) is 12.7. The lowest BCUT2D eigenvalue weighted by Gasteiger charge is -2.44. The quantitative estimate of drug-likeness (QED) is 0.520. The van der Waals surface area contributed by atoms with Crippen LogP contribution >= 0.6 is 0 Å². The van der Waals surface area contributed by atoms with Gasteiger partial charge in [-0.3, -0.25) is 19.5 Å². The van der Waals surface area contributed by atoms with Crippen molar-refractivity contribution in [2.24, 2.45) is 16.6 Å². The molecule has 3 N–H and O–H groups in total. The number of hydrogen-bond acceptors (Lipinski definition) is 7. The molecule has 4 atom stereocenters. The highest BCUT2D eigenvalue weighted by Crippen LogP contribution is 2.44. The molecule has 0 unspecified atom stereocenters. The van der Waals surface area contributed by atoms with E-state index in [-0.39, 0.29) is 41.4 Å². The van der Waals surface area contributed by atoms with Crippen molar-refractivity contribution in [3.8, 4) is 11.5 Å². The Morgan fingerprint density at radius 2 is 1.98 bits per heavy atom. The van der Waals surface area contributed by atoms with Crippen molar-refractivity contribution in [3.05, 3.63) is 53.3 Å². The zero-order valence-corrected chi connectivity index (χ0v) is 24.3. The Morgan fingerprint density at radius 1 is 1.12 bits per heavy atom. The fourth-order valence-electron chi connectivity index (χ4n) is 7.10. The molecule has 218 valence electrons. The lowest BCUT2D eigenvalue weighted by Crippen LogP contribution is -2.55. The molecule has 0 saturated heterocycles. The highest BCUT2D eigenvalue weighted by atomic mass is 16.5. The Balaban J connectivity index is 1.37. The van der Waals surface area contributed by atoms with Gasteiger partial charge < -0.3 is 20.5 Å². The molecule has 0 fully saturated rings. The lowest BCUT2D eigenvalue weighted by atomic mass is 9.82. The molecule has 0 spiro atoms. The number of nitrogens with one attached hydrogen (secondary N) is 1. The van der Waals surface area contributed by atoms with E-state index in [2.05, 4.69) is 43.2 Å². The minimum atomic E-state index is -0.495. The van der Waals surface area contributed by atoms with Crippen molar-refractivity contribution in [3.63, 3.8) is 0 Å². The highest BCUT2D eigenvalue weighted by Gasteiger charge is 2.45. The molecule has 1 aromatic heterocycles. The van der Waals surface area contributed by atoms with Gasteiger partial charge in [-0.05, 0) is 63.6 Å². The number of benzene rings is 1. The summed E-state index contributed by atoms with van der Waals surface area (Å²) in [4.78, 5) is 38.2. The molecule has 41 heavy (non-hydrogen) atoms. The summed E-state index contributed by atoms with van der Waals surface area (Å²) < 4.78 is 12.4. The van der Waals surface area contributed by atoms with Crippen molar-refractivity contribution >= 4 is 17.8 Å². The average molecular weight is 560 g/mol. The van der Waals surface area contributed by atoms with Crippen molar-refractivity contribution in [2.45, 2.75) is 102 Å². The number of carbonyl (C=O) groups excluding carboxylic acids is 2. The van der Waals surface area contributed by atoms with Crippen LogP contribution in [0.4, 0.5) is 0 Å². The van der Waals surface area contributed by atoms with Crippen LogP contribution < -0.4 is 20.5 Å². The SMILES string of the molecule is CC[C@@]12CCCCc3ccc4c(c3)[C@H](CC(C)(C)O4)NC(=O)CC[C@@H]3COc4cnccc4[C@H]3N(C(=O)C1)C(N)=N2. The summed E-state index contributed by atoms with van der Waals surface area (Å²) in [5.41, 5.74) is 8.89. The van der Waals surface area contributed by atoms with Crippen LogP contribution in [0.1, 0.15) is 101 Å².